The van der Waals surface area contributed by atoms with E-state index >= 15 is 0 Å². The fourth-order valence-electron chi connectivity index (χ4n) is 3.06. The molecule has 6 heteroatoms. The Morgan fingerprint density at radius 2 is 1.60 bits per heavy atom. The number of pyridine rings is 1. The van der Waals surface area contributed by atoms with Gasteiger partial charge in [-0.3, -0.25) is 9.59 Å². The summed E-state index contributed by atoms with van der Waals surface area (Å²) < 4.78 is 5.84. The van der Waals surface area contributed by atoms with E-state index in [0.29, 0.717) is 33.2 Å². The Balaban J connectivity index is 0.000000271. The van der Waals surface area contributed by atoms with Crippen LogP contribution in [0.4, 0.5) is 0 Å². The first-order valence-corrected chi connectivity index (χ1v) is 11.1. The van der Waals surface area contributed by atoms with Gasteiger partial charge in [0.05, 0.1) is 11.0 Å². The summed E-state index contributed by atoms with van der Waals surface area (Å²) in [5.74, 6) is 0.104. The van der Waals surface area contributed by atoms with Crippen LogP contribution in [-0.2, 0) is 24.9 Å². The largest absolute Gasteiger partial charge is 0.512 e. The van der Waals surface area contributed by atoms with Gasteiger partial charge in [-0.25, -0.2) is 0 Å². The standard InChI is InChI=1S/C18H10NO2.C11H20O2.Ir/c20-18-13-6-1-2-9-15(13)21-16-10-5-7-12(17(16)18)14-8-3-4-11-19-14;1-10(2,3)8(12)7-9(13)11(4,5)6;/h1-6,8-11H;7,12H,1-6H3;/q-1;;/b;8-7-;. The number of aliphatic hydroxyl groups excluding tert-OH is 1. The summed E-state index contributed by atoms with van der Waals surface area (Å²) in [6, 6.07) is 19.5. The Kier molecular flexibility index (Phi) is 8.94. The van der Waals surface area contributed by atoms with Crippen LogP contribution in [0.5, 0.6) is 0 Å². The molecule has 1 radical (unpaired) electrons. The van der Waals surface area contributed by atoms with Crippen LogP contribution in [0.3, 0.4) is 0 Å². The number of ketones is 1. The van der Waals surface area contributed by atoms with Gasteiger partial charge in [-0.1, -0.05) is 71.9 Å². The van der Waals surface area contributed by atoms with E-state index in [1.54, 1.807) is 30.5 Å². The van der Waals surface area contributed by atoms with Gasteiger partial charge in [-0.2, -0.15) is 0 Å². The number of aliphatic hydroxyl groups is 1. The van der Waals surface area contributed by atoms with Crippen molar-refractivity contribution < 1.29 is 34.4 Å². The number of carbonyl (C=O) groups is 1. The number of hydrogen-bond donors (Lipinski definition) is 1. The molecule has 0 saturated carbocycles. The number of rotatable bonds is 2. The van der Waals surface area contributed by atoms with E-state index in [-0.39, 0.29) is 42.5 Å². The van der Waals surface area contributed by atoms with E-state index in [2.05, 4.69) is 11.1 Å². The third-order valence-electron chi connectivity index (χ3n) is 5.23. The van der Waals surface area contributed by atoms with E-state index in [4.69, 9.17) is 4.42 Å². The summed E-state index contributed by atoms with van der Waals surface area (Å²) in [5.41, 5.74) is 1.72. The number of hydrogen-bond acceptors (Lipinski definition) is 5. The molecule has 0 saturated heterocycles. The first-order valence-electron chi connectivity index (χ1n) is 11.1. The van der Waals surface area contributed by atoms with Gasteiger partial charge in [0.1, 0.15) is 11.3 Å². The zero-order chi connectivity index (χ0) is 25.1. The van der Waals surface area contributed by atoms with Crippen LogP contribution in [0.2, 0.25) is 0 Å². The van der Waals surface area contributed by atoms with Crippen molar-refractivity contribution in [3.05, 3.63) is 88.9 Å². The predicted octanol–water partition coefficient (Wildman–Crippen LogP) is 6.90. The Labute approximate surface area is 219 Å². The number of nitrogens with zero attached hydrogens (tertiary/aromatic N) is 1. The molecule has 0 spiro atoms. The molecule has 0 aliphatic heterocycles. The van der Waals surface area contributed by atoms with Crippen LogP contribution in [-0.4, -0.2) is 15.9 Å². The monoisotopic (exact) mass is 649 g/mol. The summed E-state index contributed by atoms with van der Waals surface area (Å²) >= 11 is 0. The fourth-order valence-corrected chi connectivity index (χ4v) is 3.06. The Morgan fingerprint density at radius 1 is 0.943 bits per heavy atom. The first kappa shape index (κ1) is 28.2. The summed E-state index contributed by atoms with van der Waals surface area (Å²) in [5, 5.41) is 10.7. The van der Waals surface area contributed by atoms with Crippen LogP contribution < -0.4 is 5.43 Å². The number of fused-ring (bicyclic) bond motifs is 2. The van der Waals surface area contributed by atoms with Gasteiger partial charge >= 0.3 is 0 Å². The maximum atomic E-state index is 12.8. The molecule has 1 N–H and O–H groups in total. The van der Waals surface area contributed by atoms with Crippen molar-refractivity contribution in [3.8, 4) is 11.3 Å². The van der Waals surface area contributed by atoms with Gasteiger partial charge in [0.2, 0.25) is 0 Å². The van der Waals surface area contributed by atoms with Crippen molar-refractivity contribution in [3.63, 3.8) is 0 Å². The minimum Gasteiger partial charge on any atom is -0.512 e. The molecule has 0 atom stereocenters. The molecule has 0 amide bonds. The van der Waals surface area contributed by atoms with Crippen molar-refractivity contribution in [2.75, 3.05) is 0 Å². The number of aromatic nitrogens is 1. The minimum atomic E-state index is -0.417. The third kappa shape index (κ3) is 6.74. The maximum Gasteiger partial charge on any atom is 0.164 e. The molecule has 4 aromatic rings. The Bertz CT molecular complexity index is 1410. The van der Waals surface area contributed by atoms with Crippen molar-refractivity contribution >= 4 is 27.7 Å². The molecular formula is C29H30IrNO4-. The second kappa shape index (κ2) is 11.1. The molecule has 2 aromatic carbocycles. The summed E-state index contributed by atoms with van der Waals surface area (Å²) in [6.45, 7) is 11.1. The molecule has 0 bridgehead atoms. The first-order chi connectivity index (χ1) is 15.9. The minimum absolute atomic E-state index is 0. The van der Waals surface area contributed by atoms with E-state index in [1.807, 2.05) is 71.9 Å². The molecule has 2 aromatic heterocycles. The smallest absolute Gasteiger partial charge is 0.164 e. The van der Waals surface area contributed by atoms with Crippen LogP contribution in [0.25, 0.3) is 33.2 Å². The Hall–Kier alpha value is -3.08. The molecule has 2 heterocycles. The van der Waals surface area contributed by atoms with E-state index in [1.165, 1.54) is 6.08 Å². The molecule has 5 nitrogen and oxygen atoms in total. The van der Waals surface area contributed by atoms with Gasteiger partial charge in [0.25, 0.3) is 0 Å². The zero-order valence-corrected chi connectivity index (χ0v) is 23.2. The second-order valence-corrected chi connectivity index (χ2v) is 10.1. The fraction of sp³-hybridized carbons (Fsp3) is 0.276. The molecule has 0 fully saturated rings. The average Bonchev–Trinajstić information content (AvgIpc) is 2.78. The summed E-state index contributed by atoms with van der Waals surface area (Å²) in [4.78, 5) is 28.6. The summed E-state index contributed by atoms with van der Waals surface area (Å²) in [7, 11) is 0. The molecular weight excluding hydrogens is 619 g/mol. The maximum absolute atomic E-state index is 12.8. The molecule has 0 aliphatic rings. The van der Waals surface area contributed by atoms with Crippen molar-refractivity contribution in [1.82, 2.24) is 4.98 Å². The molecule has 0 aliphatic carbocycles. The zero-order valence-electron chi connectivity index (χ0n) is 20.8. The van der Waals surface area contributed by atoms with Crippen LogP contribution in [0.1, 0.15) is 41.5 Å². The number of benzene rings is 2. The van der Waals surface area contributed by atoms with E-state index in [9.17, 15) is 14.7 Å². The average molecular weight is 649 g/mol. The normalized spacial score (nSPS) is 12.0. The predicted molar refractivity (Wildman–Crippen MR) is 137 cm³/mol. The molecule has 4 rings (SSSR count). The molecule has 35 heavy (non-hydrogen) atoms. The Morgan fingerprint density at radius 3 is 2.20 bits per heavy atom. The van der Waals surface area contributed by atoms with Gasteiger partial charge in [-0.15, -0.1) is 17.7 Å². The van der Waals surface area contributed by atoms with Crippen molar-refractivity contribution in [2.24, 2.45) is 10.8 Å². The molecule has 185 valence electrons. The SMILES string of the molecule is CC(C)(C)C(=O)/C=C(\O)C(C)(C)C.O=c1c2ccccc2oc2cc[c-]c(-c3ccccn3)c12.[Ir]. The number of para-hydroxylation sites is 1. The van der Waals surface area contributed by atoms with Crippen molar-refractivity contribution in [1.29, 1.82) is 0 Å². The van der Waals surface area contributed by atoms with Crippen LogP contribution in [0, 0.1) is 16.9 Å². The van der Waals surface area contributed by atoms with Gasteiger partial charge in [0.15, 0.2) is 11.2 Å². The number of allylic oxidation sites excluding steroid dienone is 2. The van der Waals surface area contributed by atoms with E-state index in [0.717, 1.165) is 0 Å². The van der Waals surface area contributed by atoms with Gasteiger partial charge in [-0.05, 0) is 29.3 Å². The summed E-state index contributed by atoms with van der Waals surface area (Å²) in [6.07, 6.45) is 3.03. The van der Waals surface area contributed by atoms with Crippen molar-refractivity contribution in [2.45, 2.75) is 41.5 Å². The topological polar surface area (TPSA) is 80.4 Å². The van der Waals surface area contributed by atoms with Gasteiger partial charge in [0, 0.05) is 43.2 Å². The molecule has 0 unspecified atom stereocenters. The third-order valence-corrected chi connectivity index (χ3v) is 5.23. The van der Waals surface area contributed by atoms with Crippen LogP contribution in [0.15, 0.2) is 81.8 Å². The van der Waals surface area contributed by atoms with Crippen LogP contribution >= 0.6 is 0 Å². The quantitative estimate of drug-likeness (QED) is 0.111. The second-order valence-electron chi connectivity index (χ2n) is 10.1. The van der Waals surface area contributed by atoms with Gasteiger partial charge < -0.3 is 14.5 Å². The number of carbonyl (C=O) groups excluding carboxylic acids is 1. The van der Waals surface area contributed by atoms with E-state index < -0.39 is 5.41 Å².